The molecular weight excluding hydrogens is 262 g/mol. The van der Waals surface area contributed by atoms with Crippen molar-refractivity contribution in [3.05, 3.63) is 24.3 Å². The van der Waals surface area contributed by atoms with Crippen LogP contribution in [0.5, 0.6) is 5.75 Å². The first-order valence-electron chi connectivity index (χ1n) is 6.32. The molecule has 1 aliphatic rings. The molecule has 1 aromatic carbocycles. The summed E-state index contributed by atoms with van der Waals surface area (Å²) >= 11 is 0. The maximum atomic E-state index is 11.5. The quantitative estimate of drug-likeness (QED) is 0.573. The third kappa shape index (κ3) is 3.78. The standard InChI is InChI=1S/C13H17N3O4/c14-10-3-1-2-4-11(10)20-9-12(17)19-8-7-16-6-5-15-13(16)18/h1-4H,5-9,14H2,(H,15,18). The van der Waals surface area contributed by atoms with E-state index < -0.39 is 5.97 Å². The Hall–Kier alpha value is -2.44. The van der Waals surface area contributed by atoms with Gasteiger partial charge in [0, 0.05) is 13.1 Å². The van der Waals surface area contributed by atoms with Gasteiger partial charge in [0.25, 0.3) is 0 Å². The molecule has 0 atom stereocenters. The van der Waals surface area contributed by atoms with Crippen LogP contribution in [0.15, 0.2) is 24.3 Å². The number of rotatable bonds is 6. The Morgan fingerprint density at radius 3 is 2.90 bits per heavy atom. The van der Waals surface area contributed by atoms with Gasteiger partial charge in [-0.05, 0) is 12.1 Å². The molecule has 0 aromatic heterocycles. The number of nitrogens with two attached hydrogens (primary N) is 1. The third-order valence-electron chi connectivity index (χ3n) is 2.83. The Morgan fingerprint density at radius 2 is 2.20 bits per heavy atom. The Morgan fingerprint density at radius 1 is 1.40 bits per heavy atom. The molecule has 3 N–H and O–H groups in total. The van der Waals surface area contributed by atoms with Crippen molar-refractivity contribution in [3.63, 3.8) is 0 Å². The van der Waals surface area contributed by atoms with Gasteiger partial charge in [0.2, 0.25) is 0 Å². The van der Waals surface area contributed by atoms with E-state index in [2.05, 4.69) is 5.32 Å². The molecule has 0 radical (unpaired) electrons. The van der Waals surface area contributed by atoms with Gasteiger partial charge in [-0.1, -0.05) is 12.1 Å². The van der Waals surface area contributed by atoms with Gasteiger partial charge in [0.15, 0.2) is 6.61 Å². The van der Waals surface area contributed by atoms with E-state index in [-0.39, 0.29) is 19.2 Å². The monoisotopic (exact) mass is 279 g/mol. The first-order chi connectivity index (χ1) is 9.66. The molecule has 2 rings (SSSR count). The Balaban J connectivity index is 1.66. The second-order valence-corrected chi connectivity index (χ2v) is 4.27. The molecular formula is C13H17N3O4. The van der Waals surface area contributed by atoms with E-state index in [1.165, 1.54) is 0 Å². The lowest BCUT2D eigenvalue weighted by atomic mass is 10.3. The summed E-state index contributed by atoms with van der Waals surface area (Å²) in [4.78, 5) is 24.3. The van der Waals surface area contributed by atoms with Gasteiger partial charge in [0.05, 0.1) is 12.2 Å². The van der Waals surface area contributed by atoms with Crippen LogP contribution in [0, 0.1) is 0 Å². The Kier molecular flexibility index (Phi) is 4.65. The number of hydrogen-bond donors (Lipinski definition) is 2. The van der Waals surface area contributed by atoms with Gasteiger partial charge < -0.3 is 25.4 Å². The van der Waals surface area contributed by atoms with Crippen LogP contribution in [0.3, 0.4) is 0 Å². The number of para-hydroxylation sites is 2. The number of esters is 1. The van der Waals surface area contributed by atoms with E-state index in [9.17, 15) is 9.59 Å². The lowest BCUT2D eigenvalue weighted by Gasteiger charge is -2.14. The summed E-state index contributed by atoms with van der Waals surface area (Å²) in [6.45, 7) is 1.59. The number of nitrogen functional groups attached to an aromatic ring is 1. The van der Waals surface area contributed by atoms with Crippen LogP contribution < -0.4 is 15.8 Å². The van der Waals surface area contributed by atoms with Crippen molar-refractivity contribution in [2.45, 2.75) is 0 Å². The number of ether oxygens (including phenoxy) is 2. The average Bonchev–Trinajstić information content (AvgIpc) is 2.84. The molecule has 1 heterocycles. The lowest BCUT2D eigenvalue weighted by molar-refractivity contribution is -0.146. The molecule has 0 saturated carbocycles. The number of hydrogen-bond acceptors (Lipinski definition) is 5. The average molecular weight is 279 g/mol. The number of urea groups is 1. The second-order valence-electron chi connectivity index (χ2n) is 4.27. The maximum Gasteiger partial charge on any atom is 0.344 e. The van der Waals surface area contributed by atoms with Crippen LogP contribution >= 0.6 is 0 Å². The van der Waals surface area contributed by atoms with Crippen molar-refractivity contribution >= 4 is 17.7 Å². The molecule has 0 spiro atoms. The largest absolute Gasteiger partial charge is 0.480 e. The van der Waals surface area contributed by atoms with Crippen LogP contribution in [-0.2, 0) is 9.53 Å². The van der Waals surface area contributed by atoms with Gasteiger partial charge in [-0.2, -0.15) is 0 Å². The molecule has 7 heteroatoms. The fraction of sp³-hybridized carbons (Fsp3) is 0.385. The van der Waals surface area contributed by atoms with E-state index in [0.29, 0.717) is 31.1 Å². The molecule has 2 amide bonds. The number of amides is 2. The number of nitrogens with one attached hydrogen (secondary N) is 1. The third-order valence-corrected chi connectivity index (χ3v) is 2.83. The number of carbonyl (C=O) groups excluding carboxylic acids is 2. The first-order valence-corrected chi connectivity index (χ1v) is 6.32. The number of nitrogens with zero attached hydrogens (tertiary/aromatic N) is 1. The highest BCUT2D eigenvalue weighted by Crippen LogP contribution is 2.19. The van der Waals surface area contributed by atoms with Crippen molar-refractivity contribution < 1.29 is 19.1 Å². The molecule has 0 bridgehead atoms. The van der Waals surface area contributed by atoms with Crippen LogP contribution in [0.25, 0.3) is 0 Å². The zero-order valence-electron chi connectivity index (χ0n) is 11.0. The van der Waals surface area contributed by atoms with Crippen LogP contribution in [0.4, 0.5) is 10.5 Å². The summed E-state index contributed by atoms with van der Waals surface area (Å²) in [5.41, 5.74) is 6.14. The minimum absolute atomic E-state index is 0.130. The van der Waals surface area contributed by atoms with Crippen molar-refractivity contribution in [3.8, 4) is 5.75 Å². The lowest BCUT2D eigenvalue weighted by Crippen LogP contribution is -2.32. The van der Waals surface area contributed by atoms with Crippen molar-refractivity contribution in [1.82, 2.24) is 10.2 Å². The fourth-order valence-corrected chi connectivity index (χ4v) is 1.78. The molecule has 1 fully saturated rings. The molecule has 1 aliphatic heterocycles. The van der Waals surface area contributed by atoms with Crippen LogP contribution in [0.2, 0.25) is 0 Å². The van der Waals surface area contributed by atoms with E-state index in [4.69, 9.17) is 15.2 Å². The number of anilines is 1. The predicted octanol–water partition coefficient (Wildman–Crippen LogP) is 0.216. The topological polar surface area (TPSA) is 93.9 Å². The van der Waals surface area contributed by atoms with E-state index in [1.54, 1.807) is 29.2 Å². The highest BCUT2D eigenvalue weighted by molar-refractivity contribution is 5.76. The zero-order chi connectivity index (χ0) is 14.4. The molecule has 20 heavy (non-hydrogen) atoms. The number of carbonyl (C=O) groups is 2. The second kappa shape index (κ2) is 6.65. The Bertz CT molecular complexity index is 492. The molecule has 0 aliphatic carbocycles. The van der Waals surface area contributed by atoms with Crippen LogP contribution in [0.1, 0.15) is 0 Å². The fourth-order valence-electron chi connectivity index (χ4n) is 1.78. The summed E-state index contributed by atoms with van der Waals surface area (Å²) in [6, 6.07) is 6.78. The maximum absolute atomic E-state index is 11.5. The number of benzene rings is 1. The van der Waals surface area contributed by atoms with Crippen molar-refractivity contribution in [2.24, 2.45) is 0 Å². The molecule has 1 aromatic rings. The predicted molar refractivity (Wildman–Crippen MR) is 72.3 cm³/mol. The summed E-state index contributed by atoms with van der Waals surface area (Å²) < 4.78 is 10.2. The van der Waals surface area contributed by atoms with E-state index >= 15 is 0 Å². The SMILES string of the molecule is Nc1ccccc1OCC(=O)OCCN1CCNC1=O. The normalized spacial score (nSPS) is 14.0. The van der Waals surface area contributed by atoms with E-state index in [1.807, 2.05) is 0 Å². The minimum Gasteiger partial charge on any atom is -0.480 e. The van der Waals surface area contributed by atoms with Crippen molar-refractivity contribution in [2.75, 3.05) is 38.6 Å². The Labute approximate surface area is 116 Å². The summed E-state index contributed by atoms with van der Waals surface area (Å²) in [5.74, 6) is -0.0452. The van der Waals surface area contributed by atoms with Gasteiger partial charge in [0.1, 0.15) is 12.4 Å². The van der Waals surface area contributed by atoms with Gasteiger partial charge >= 0.3 is 12.0 Å². The molecule has 0 unspecified atom stereocenters. The highest BCUT2D eigenvalue weighted by Gasteiger charge is 2.19. The summed E-state index contributed by atoms with van der Waals surface area (Å²) in [5, 5.41) is 2.67. The molecule has 1 saturated heterocycles. The first kappa shape index (κ1) is 14.0. The summed E-state index contributed by atoms with van der Waals surface area (Å²) in [7, 11) is 0. The highest BCUT2D eigenvalue weighted by atomic mass is 16.6. The van der Waals surface area contributed by atoms with Gasteiger partial charge in [-0.3, -0.25) is 0 Å². The van der Waals surface area contributed by atoms with E-state index in [0.717, 1.165) is 0 Å². The smallest absolute Gasteiger partial charge is 0.344 e. The van der Waals surface area contributed by atoms with Crippen LogP contribution in [-0.4, -0.2) is 49.7 Å². The zero-order valence-corrected chi connectivity index (χ0v) is 11.0. The van der Waals surface area contributed by atoms with Crippen molar-refractivity contribution in [1.29, 1.82) is 0 Å². The van der Waals surface area contributed by atoms with Gasteiger partial charge in [-0.25, -0.2) is 9.59 Å². The van der Waals surface area contributed by atoms with Gasteiger partial charge in [-0.15, -0.1) is 0 Å². The minimum atomic E-state index is -0.493. The summed E-state index contributed by atoms with van der Waals surface area (Å²) in [6.07, 6.45) is 0. The molecule has 7 nitrogen and oxygen atoms in total. The molecule has 108 valence electrons.